The first kappa shape index (κ1) is 25.2. The summed E-state index contributed by atoms with van der Waals surface area (Å²) in [5.74, 6) is -2.55. The number of benzene rings is 4. The number of phenols is 1. The number of fused-ring (bicyclic) bond motifs is 1. The van der Waals surface area contributed by atoms with Crippen molar-refractivity contribution in [3.05, 3.63) is 95.1 Å². The van der Waals surface area contributed by atoms with Crippen LogP contribution in [0.1, 0.15) is 40.0 Å². The Hall–Kier alpha value is -4.85. The van der Waals surface area contributed by atoms with Crippen molar-refractivity contribution in [1.29, 1.82) is 0 Å². The molecule has 8 nitrogen and oxygen atoms in total. The van der Waals surface area contributed by atoms with Gasteiger partial charge in [0.15, 0.2) is 0 Å². The van der Waals surface area contributed by atoms with Crippen molar-refractivity contribution in [3.63, 3.8) is 0 Å². The maximum Gasteiger partial charge on any atom is 0.394 e. The Kier molecular flexibility index (Phi) is 7.11. The van der Waals surface area contributed by atoms with Gasteiger partial charge in [-0.15, -0.1) is 0 Å². The SMILES string of the molecule is Cc1cc(NC(=O)C(=O)O)cc(C)c1Oc1ccc(O)c(C(=O)N[C@H](C)c2cccc3ccccc23)c1. The molecule has 0 aliphatic rings. The molecule has 4 N–H and O–H groups in total. The van der Waals surface area contributed by atoms with Gasteiger partial charge in [0.25, 0.3) is 5.91 Å². The quantitative estimate of drug-likeness (QED) is 0.261. The van der Waals surface area contributed by atoms with Crippen LogP contribution < -0.4 is 15.4 Å². The third kappa shape index (κ3) is 5.54. The molecular formula is C29H26N2O6. The average Bonchev–Trinajstić information content (AvgIpc) is 2.86. The van der Waals surface area contributed by atoms with Gasteiger partial charge in [0, 0.05) is 5.69 Å². The predicted octanol–water partition coefficient (Wildman–Crippen LogP) is 5.47. The van der Waals surface area contributed by atoms with Crippen LogP contribution in [-0.2, 0) is 9.59 Å². The van der Waals surface area contributed by atoms with Crippen LogP contribution in [0.25, 0.3) is 10.8 Å². The van der Waals surface area contributed by atoms with E-state index in [1.165, 1.54) is 12.1 Å². The third-order valence-electron chi connectivity index (χ3n) is 5.98. The maximum atomic E-state index is 13.1. The number of anilines is 1. The molecule has 0 saturated carbocycles. The molecule has 4 aromatic carbocycles. The topological polar surface area (TPSA) is 125 Å². The van der Waals surface area contributed by atoms with Gasteiger partial charge in [0.05, 0.1) is 11.6 Å². The summed E-state index contributed by atoms with van der Waals surface area (Å²) in [4.78, 5) is 35.4. The minimum atomic E-state index is -1.58. The van der Waals surface area contributed by atoms with Gasteiger partial charge in [-0.2, -0.15) is 0 Å². The third-order valence-corrected chi connectivity index (χ3v) is 5.98. The van der Waals surface area contributed by atoms with Gasteiger partial charge in [0.2, 0.25) is 0 Å². The van der Waals surface area contributed by atoms with Crippen LogP contribution in [0.15, 0.2) is 72.8 Å². The molecule has 2 amide bonds. The standard InChI is InChI=1S/C29H26N2O6/c1-16-13-20(31-28(34)29(35)36)14-17(2)26(16)37-21-11-12-25(32)24(15-21)27(33)30-18(3)22-10-6-8-19-7-4-5-9-23(19)22/h4-15,18,32H,1-3H3,(H,30,33)(H,31,34)(H,35,36)/t18-/m1/s1. The second kappa shape index (κ2) is 10.4. The molecule has 8 heteroatoms. The summed E-state index contributed by atoms with van der Waals surface area (Å²) in [6.45, 7) is 5.38. The number of carboxylic acids is 1. The lowest BCUT2D eigenvalue weighted by Gasteiger charge is -2.18. The van der Waals surface area contributed by atoms with Gasteiger partial charge in [-0.05, 0) is 78.6 Å². The van der Waals surface area contributed by atoms with E-state index < -0.39 is 17.8 Å². The molecular weight excluding hydrogens is 472 g/mol. The summed E-state index contributed by atoms with van der Waals surface area (Å²) in [7, 11) is 0. The van der Waals surface area contributed by atoms with E-state index >= 15 is 0 Å². The largest absolute Gasteiger partial charge is 0.507 e. The zero-order valence-electron chi connectivity index (χ0n) is 20.5. The number of hydrogen-bond donors (Lipinski definition) is 4. The number of nitrogens with one attached hydrogen (secondary N) is 2. The van der Waals surface area contributed by atoms with Gasteiger partial charge >= 0.3 is 11.9 Å². The van der Waals surface area contributed by atoms with E-state index in [-0.39, 0.29) is 17.4 Å². The molecule has 188 valence electrons. The number of carbonyl (C=O) groups is 3. The van der Waals surface area contributed by atoms with Crippen LogP contribution in [0.2, 0.25) is 0 Å². The van der Waals surface area contributed by atoms with Crippen molar-refractivity contribution in [2.24, 2.45) is 0 Å². The Morgan fingerprint density at radius 3 is 2.27 bits per heavy atom. The first-order chi connectivity index (χ1) is 17.6. The van der Waals surface area contributed by atoms with Crippen molar-refractivity contribution in [1.82, 2.24) is 5.32 Å². The zero-order valence-corrected chi connectivity index (χ0v) is 20.5. The van der Waals surface area contributed by atoms with Crippen LogP contribution in [-0.4, -0.2) is 28.0 Å². The summed E-state index contributed by atoms with van der Waals surface area (Å²) in [5, 5.41) is 26.6. The summed E-state index contributed by atoms with van der Waals surface area (Å²) in [6, 6.07) is 21.1. The minimum Gasteiger partial charge on any atom is -0.507 e. The molecule has 1 atom stereocenters. The highest BCUT2D eigenvalue weighted by atomic mass is 16.5. The van der Waals surface area contributed by atoms with Crippen LogP contribution >= 0.6 is 0 Å². The highest BCUT2D eigenvalue weighted by Crippen LogP contribution is 2.34. The van der Waals surface area contributed by atoms with Crippen molar-refractivity contribution in [2.45, 2.75) is 26.8 Å². The van der Waals surface area contributed by atoms with Gasteiger partial charge in [-0.25, -0.2) is 4.79 Å². The van der Waals surface area contributed by atoms with Crippen LogP contribution in [0.5, 0.6) is 17.2 Å². The fourth-order valence-electron chi connectivity index (χ4n) is 4.23. The fraction of sp³-hybridized carbons (Fsp3) is 0.138. The Morgan fingerprint density at radius 1 is 0.892 bits per heavy atom. The number of aryl methyl sites for hydroxylation is 2. The summed E-state index contributed by atoms with van der Waals surface area (Å²) < 4.78 is 6.02. The number of ether oxygens (including phenoxy) is 1. The molecule has 37 heavy (non-hydrogen) atoms. The molecule has 0 unspecified atom stereocenters. The highest BCUT2D eigenvalue weighted by molar-refractivity contribution is 6.36. The number of carbonyl (C=O) groups excluding carboxylic acids is 2. The van der Waals surface area contributed by atoms with E-state index in [0.29, 0.717) is 28.3 Å². The molecule has 0 radical (unpaired) electrons. The molecule has 0 aliphatic carbocycles. The van der Waals surface area contributed by atoms with Gasteiger partial charge < -0.3 is 25.6 Å². The molecule has 0 bridgehead atoms. The molecule has 0 fully saturated rings. The van der Waals surface area contributed by atoms with Crippen molar-refractivity contribution in [2.75, 3.05) is 5.32 Å². The van der Waals surface area contributed by atoms with E-state index in [9.17, 15) is 19.5 Å². The number of phenolic OH excluding ortho intramolecular Hbond substituents is 1. The molecule has 0 spiro atoms. The molecule has 0 aromatic heterocycles. The normalized spacial score (nSPS) is 11.5. The number of rotatable bonds is 6. The fourth-order valence-corrected chi connectivity index (χ4v) is 4.23. The minimum absolute atomic E-state index is 0.0604. The molecule has 4 rings (SSSR count). The zero-order chi connectivity index (χ0) is 26.7. The predicted molar refractivity (Wildman–Crippen MR) is 140 cm³/mol. The van der Waals surface area contributed by atoms with E-state index in [4.69, 9.17) is 9.84 Å². The number of carboxylic acid groups (broad SMARTS) is 1. The molecule has 4 aromatic rings. The number of aliphatic carboxylic acids is 1. The lowest BCUT2D eigenvalue weighted by Crippen LogP contribution is -2.26. The van der Waals surface area contributed by atoms with Crippen LogP contribution in [0.3, 0.4) is 0 Å². The van der Waals surface area contributed by atoms with E-state index in [1.54, 1.807) is 32.0 Å². The second-order valence-electron chi connectivity index (χ2n) is 8.74. The van der Waals surface area contributed by atoms with E-state index in [1.807, 2.05) is 49.4 Å². The maximum absolute atomic E-state index is 13.1. The number of amides is 2. The van der Waals surface area contributed by atoms with Gasteiger partial charge in [0.1, 0.15) is 17.2 Å². The Balaban J connectivity index is 1.55. The van der Waals surface area contributed by atoms with Gasteiger partial charge in [-0.1, -0.05) is 42.5 Å². The second-order valence-corrected chi connectivity index (χ2v) is 8.74. The summed E-state index contributed by atoms with van der Waals surface area (Å²) in [6.07, 6.45) is 0. The highest BCUT2D eigenvalue weighted by Gasteiger charge is 2.19. The average molecular weight is 499 g/mol. The van der Waals surface area contributed by atoms with Crippen LogP contribution in [0.4, 0.5) is 5.69 Å². The van der Waals surface area contributed by atoms with Crippen molar-refractivity contribution in [3.8, 4) is 17.2 Å². The summed E-state index contributed by atoms with van der Waals surface area (Å²) in [5.41, 5.74) is 2.63. The smallest absolute Gasteiger partial charge is 0.394 e. The van der Waals surface area contributed by atoms with Crippen LogP contribution in [0, 0.1) is 13.8 Å². The van der Waals surface area contributed by atoms with Gasteiger partial charge in [-0.3, -0.25) is 9.59 Å². The molecule has 0 aliphatic heterocycles. The Bertz CT molecular complexity index is 1500. The van der Waals surface area contributed by atoms with E-state index in [0.717, 1.165) is 16.3 Å². The van der Waals surface area contributed by atoms with Crippen molar-refractivity contribution < 1.29 is 29.3 Å². The number of aromatic hydroxyl groups is 1. The molecule has 0 heterocycles. The lowest BCUT2D eigenvalue weighted by molar-refractivity contribution is -0.147. The first-order valence-corrected chi connectivity index (χ1v) is 11.6. The lowest BCUT2D eigenvalue weighted by atomic mass is 9.99. The number of hydrogen-bond acceptors (Lipinski definition) is 5. The Labute approximate surface area is 213 Å². The Morgan fingerprint density at radius 2 is 1.57 bits per heavy atom. The first-order valence-electron chi connectivity index (χ1n) is 11.6. The monoisotopic (exact) mass is 498 g/mol. The summed E-state index contributed by atoms with van der Waals surface area (Å²) >= 11 is 0. The van der Waals surface area contributed by atoms with Crippen molar-refractivity contribution >= 4 is 34.2 Å². The molecule has 0 saturated heterocycles. The van der Waals surface area contributed by atoms with E-state index in [2.05, 4.69) is 10.6 Å².